The van der Waals surface area contributed by atoms with Crippen molar-refractivity contribution in [3.63, 3.8) is 0 Å². The summed E-state index contributed by atoms with van der Waals surface area (Å²) in [5.41, 5.74) is 4.36. The van der Waals surface area contributed by atoms with Gasteiger partial charge in [-0.1, -0.05) is 6.07 Å². The predicted octanol–water partition coefficient (Wildman–Crippen LogP) is 2.76. The van der Waals surface area contributed by atoms with Gasteiger partial charge in [-0.05, 0) is 81.1 Å². The molecule has 0 saturated carbocycles. The molecule has 4 rings (SSSR count). The number of carbonyl (C=O) groups is 3. The van der Waals surface area contributed by atoms with Gasteiger partial charge in [0.25, 0.3) is 5.91 Å². The third-order valence-electron chi connectivity index (χ3n) is 7.26. The number of benzene rings is 2. The van der Waals surface area contributed by atoms with Crippen molar-refractivity contribution in [3.05, 3.63) is 58.1 Å². The Morgan fingerprint density at radius 3 is 1.94 bits per heavy atom. The second-order valence-electron chi connectivity index (χ2n) is 9.42. The van der Waals surface area contributed by atoms with Crippen LogP contribution in [0.2, 0.25) is 0 Å². The molecule has 2 aliphatic heterocycles. The van der Waals surface area contributed by atoms with Gasteiger partial charge in [0, 0.05) is 31.7 Å². The Balaban J connectivity index is 1.49. The lowest BCUT2D eigenvalue weighted by molar-refractivity contribution is -0.123. The zero-order valence-electron chi connectivity index (χ0n) is 20.8. The van der Waals surface area contributed by atoms with E-state index in [4.69, 9.17) is 0 Å². The average Bonchev–Trinajstić information content (AvgIpc) is 3.11. The standard InChI is InChI=1S/C26H31N3O5S/c1-16-14-17(2)19(4)25(18(16)3)35(33,34)28-12-10-27(11-13-28)23-15-24(31)29(26(23)32)22-8-6-21(7-9-22)20(5)30/h6-9,14,23H,10-13,15H2,1-5H3/t23-/m1/s1. The number of hydrogen-bond acceptors (Lipinski definition) is 6. The zero-order chi connectivity index (χ0) is 25.7. The monoisotopic (exact) mass is 497 g/mol. The Kier molecular flexibility index (Phi) is 6.70. The molecule has 2 aromatic carbocycles. The lowest BCUT2D eigenvalue weighted by Crippen LogP contribution is -2.53. The van der Waals surface area contributed by atoms with Gasteiger partial charge < -0.3 is 0 Å². The lowest BCUT2D eigenvalue weighted by atomic mass is 10.0. The molecule has 9 heteroatoms. The Hall–Kier alpha value is -2.88. The van der Waals surface area contributed by atoms with Gasteiger partial charge in [0.15, 0.2) is 5.78 Å². The first-order chi connectivity index (χ1) is 16.4. The minimum atomic E-state index is -3.69. The Morgan fingerprint density at radius 1 is 0.886 bits per heavy atom. The van der Waals surface area contributed by atoms with Crippen LogP contribution in [0.3, 0.4) is 0 Å². The molecular formula is C26H31N3O5S. The van der Waals surface area contributed by atoms with Crippen LogP contribution in [0.4, 0.5) is 5.69 Å². The minimum Gasteiger partial charge on any atom is -0.295 e. The van der Waals surface area contributed by atoms with Crippen molar-refractivity contribution in [2.45, 2.75) is 52.0 Å². The van der Waals surface area contributed by atoms with Gasteiger partial charge in [0.2, 0.25) is 15.9 Å². The van der Waals surface area contributed by atoms with E-state index in [9.17, 15) is 22.8 Å². The summed E-state index contributed by atoms with van der Waals surface area (Å²) < 4.78 is 28.6. The topological polar surface area (TPSA) is 95.1 Å². The summed E-state index contributed by atoms with van der Waals surface area (Å²) in [7, 11) is -3.69. The van der Waals surface area contributed by atoms with Crippen LogP contribution in [0.15, 0.2) is 35.2 Å². The normalized spacial score (nSPS) is 20.0. The first-order valence-electron chi connectivity index (χ1n) is 11.7. The van der Waals surface area contributed by atoms with E-state index in [-0.39, 0.29) is 37.1 Å². The van der Waals surface area contributed by atoms with E-state index in [0.29, 0.717) is 29.2 Å². The van der Waals surface area contributed by atoms with E-state index in [1.807, 2.05) is 38.7 Å². The average molecular weight is 498 g/mol. The third-order valence-corrected chi connectivity index (χ3v) is 9.44. The quantitative estimate of drug-likeness (QED) is 0.466. The number of aryl methyl sites for hydroxylation is 2. The number of Topliss-reactive ketones (excluding diaryl/α,β-unsaturated/α-hetero) is 1. The molecule has 0 aliphatic carbocycles. The number of ketones is 1. The second-order valence-corrected chi connectivity index (χ2v) is 11.3. The van der Waals surface area contributed by atoms with Crippen LogP contribution in [0.5, 0.6) is 0 Å². The van der Waals surface area contributed by atoms with Gasteiger partial charge in [0.1, 0.15) is 0 Å². The molecule has 2 fully saturated rings. The fraction of sp³-hybridized carbons (Fsp3) is 0.423. The van der Waals surface area contributed by atoms with Crippen LogP contribution in [0, 0.1) is 27.7 Å². The lowest BCUT2D eigenvalue weighted by Gasteiger charge is -2.36. The molecule has 0 N–H and O–H groups in total. The first kappa shape index (κ1) is 25.2. The fourth-order valence-corrected chi connectivity index (χ4v) is 6.97. The largest absolute Gasteiger partial charge is 0.295 e. The molecule has 2 aliphatic rings. The van der Waals surface area contributed by atoms with Crippen LogP contribution >= 0.6 is 0 Å². The number of amides is 2. The highest BCUT2D eigenvalue weighted by atomic mass is 32.2. The molecule has 0 radical (unpaired) electrons. The molecule has 8 nitrogen and oxygen atoms in total. The van der Waals surface area contributed by atoms with Gasteiger partial charge in [-0.2, -0.15) is 4.31 Å². The molecule has 1 atom stereocenters. The summed E-state index contributed by atoms with van der Waals surface area (Å²) in [6.45, 7) is 10.2. The number of piperazine rings is 1. The molecule has 0 unspecified atom stereocenters. The van der Waals surface area contributed by atoms with E-state index in [1.54, 1.807) is 24.3 Å². The van der Waals surface area contributed by atoms with Crippen molar-refractivity contribution in [2.75, 3.05) is 31.1 Å². The SMILES string of the molecule is CC(=O)c1ccc(N2C(=O)C[C@@H](N3CCN(S(=O)(=O)c4c(C)c(C)cc(C)c4C)CC3)C2=O)cc1. The predicted molar refractivity (Wildman–Crippen MR) is 133 cm³/mol. The molecule has 2 heterocycles. The molecule has 186 valence electrons. The number of nitrogens with zero attached hydrogens (tertiary/aromatic N) is 3. The van der Waals surface area contributed by atoms with E-state index in [1.165, 1.54) is 16.1 Å². The van der Waals surface area contributed by atoms with Crippen LogP contribution in [0.25, 0.3) is 0 Å². The number of imide groups is 1. The van der Waals surface area contributed by atoms with Crippen molar-refractivity contribution in [3.8, 4) is 0 Å². The molecule has 0 spiro atoms. The first-order valence-corrected chi connectivity index (χ1v) is 13.2. The number of sulfonamides is 1. The molecule has 0 bridgehead atoms. The molecule has 2 aromatic rings. The highest BCUT2D eigenvalue weighted by molar-refractivity contribution is 7.89. The number of anilines is 1. The Bertz CT molecular complexity index is 1280. The molecular weight excluding hydrogens is 466 g/mol. The maximum Gasteiger partial charge on any atom is 0.251 e. The number of rotatable bonds is 5. The van der Waals surface area contributed by atoms with Gasteiger partial charge >= 0.3 is 0 Å². The van der Waals surface area contributed by atoms with Gasteiger partial charge in [-0.15, -0.1) is 0 Å². The third kappa shape index (κ3) is 4.44. The molecule has 2 amide bonds. The summed E-state index contributed by atoms with van der Waals surface area (Å²) in [5, 5.41) is 0. The van der Waals surface area contributed by atoms with Gasteiger partial charge in [-0.25, -0.2) is 13.3 Å². The fourth-order valence-electron chi connectivity index (χ4n) is 4.97. The Labute approximate surface area is 206 Å². The van der Waals surface area contributed by atoms with E-state index in [2.05, 4.69) is 0 Å². The van der Waals surface area contributed by atoms with Crippen molar-refractivity contribution >= 4 is 33.3 Å². The highest BCUT2D eigenvalue weighted by Crippen LogP contribution is 2.31. The summed E-state index contributed by atoms with van der Waals surface area (Å²) in [5.74, 6) is -0.706. The summed E-state index contributed by atoms with van der Waals surface area (Å²) in [6.07, 6.45) is 0.0509. The maximum absolute atomic E-state index is 13.5. The molecule has 2 saturated heterocycles. The van der Waals surface area contributed by atoms with Gasteiger partial charge in [-0.3, -0.25) is 19.3 Å². The van der Waals surface area contributed by atoms with E-state index in [0.717, 1.165) is 22.3 Å². The van der Waals surface area contributed by atoms with Crippen LogP contribution < -0.4 is 4.90 Å². The van der Waals surface area contributed by atoms with Crippen LogP contribution in [-0.4, -0.2) is 67.4 Å². The van der Waals surface area contributed by atoms with Crippen molar-refractivity contribution in [1.82, 2.24) is 9.21 Å². The van der Waals surface area contributed by atoms with Crippen molar-refractivity contribution in [2.24, 2.45) is 0 Å². The highest BCUT2D eigenvalue weighted by Gasteiger charge is 2.44. The summed E-state index contributed by atoms with van der Waals surface area (Å²) in [6, 6.07) is 7.80. The second kappa shape index (κ2) is 9.29. The van der Waals surface area contributed by atoms with Crippen LogP contribution in [-0.2, 0) is 19.6 Å². The van der Waals surface area contributed by atoms with Crippen molar-refractivity contribution in [1.29, 1.82) is 0 Å². The summed E-state index contributed by atoms with van der Waals surface area (Å²) >= 11 is 0. The van der Waals surface area contributed by atoms with E-state index >= 15 is 0 Å². The van der Waals surface area contributed by atoms with Gasteiger partial charge in [0.05, 0.1) is 23.0 Å². The molecule has 35 heavy (non-hydrogen) atoms. The smallest absolute Gasteiger partial charge is 0.251 e. The van der Waals surface area contributed by atoms with Crippen LogP contribution in [0.1, 0.15) is 46.0 Å². The number of carbonyl (C=O) groups excluding carboxylic acids is 3. The number of hydrogen-bond donors (Lipinski definition) is 0. The minimum absolute atomic E-state index is 0.0509. The Morgan fingerprint density at radius 2 is 1.43 bits per heavy atom. The zero-order valence-corrected chi connectivity index (χ0v) is 21.6. The summed E-state index contributed by atoms with van der Waals surface area (Å²) in [4.78, 5) is 40.8. The van der Waals surface area contributed by atoms with E-state index < -0.39 is 16.1 Å². The maximum atomic E-state index is 13.5. The van der Waals surface area contributed by atoms with Crippen molar-refractivity contribution < 1.29 is 22.8 Å². The molecule has 0 aromatic heterocycles.